The molecule has 0 bridgehead atoms. The lowest BCUT2D eigenvalue weighted by atomic mass is 9.84. The van der Waals surface area contributed by atoms with Crippen molar-refractivity contribution in [3.8, 4) is 112 Å². The van der Waals surface area contributed by atoms with E-state index in [9.17, 15) is 9.59 Å². The quantitative estimate of drug-likeness (QED) is 0.113. The van der Waals surface area contributed by atoms with Gasteiger partial charge in [-0.1, -0.05) is 248 Å². The van der Waals surface area contributed by atoms with Crippen molar-refractivity contribution in [3.63, 3.8) is 0 Å². The molecule has 0 saturated heterocycles. The molecule has 78 heavy (non-hydrogen) atoms. The minimum absolute atomic E-state index is 0.112. The van der Waals surface area contributed by atoms with E-state index in [0.717, 1.165) is 94.7 Å². The number of hydrogen-bond acceptors (Lipinski definition) is 6. The molecular formula is C72H58N4O2. The number of benzene rings is 9. The van der Waals surface area contributed by atoms with E-state index < -0.39 is 10.8 Å². The maximum absolute atomic E-state index is 13.3. The van der Waals surface area contributed by atoms with E-state index in [-0.39, 0.29) is 11.6 Å². The van der Waals surface area contributed by atoms with Crippen molar-refractivity contribution in [2.75, 3.05) is 0 Å². The highest BCUT2D eigenvalue weighted by molar-refractivity contribution is 6.02. The third kappa shape index (κ3) is 10.7. The molecule has 0 unspecified atom stereocenters. The third-order valence-corrected chi connectivity index (χ3v) is 14.1. The van der Waals surface area contributed by atoms with Crippen LogP contribution in [0.2, 0.25) is 0 Å². The van der Waals surface area contributed by atoms with Crippen LogP contribution in [0, 0.1) is 10.8 Å². The fraction of sp³-hybridized carbons (Fsp3) is 0.111. The maximum atomic E-state index is 13.3. The molecular weight excluding hydrogens is 953 g/mol. The Morgan fingerprint density at radius 3 is 0.885 bits per heavy atom. The Kier molecular flexibility index (Phi) is 13.8. The minimum atomic E-state index is -0.485. The second kappa shape index (κ2) is 21.2. The number of aromatic nitrogens is 4. The van der Waals surface area contributed by atoms with Gasteiger partial charge in [-0.2, -0.15) is 0 Å². The first-order valence-electron chi connectivity index (χ1n) is 26.4. The van der Waals surface area contributed by atoms with Gasteiger partial charge in [-0.05, 0) is 97.1 Å². The van der Waals surface area contributed by atoms with E-state index in [1.54, 1.807) is 0 Å². The first-order chi connectivity index (χ1) is 37.7. The molecule has 9 aromatic carbocycles. The second-order valence-corrected chi connectivity index (χ2v) is 21.8. The molecule has 0 aliphatic rings. The average molecular weight is 1010 g/mol. The summed E-state index contributed by atoms with van der Waals surface area (Å²) < 4.78 is 0. The van der Waals surface area contributed by atoms with Gasteiger partial charge in [0, 0.05) is 50.4 Å². The topological polar surface area (TPSA) is 85.7 Å². The summed E-state index contributed by atoms with van der Waals surface area (Å²) in [4.78, 5) is 46.2. The zero-order valence-corrected chi connectivity index (χ0v) is 44.7. The summed E-state index contributed by atoms with van der Waals surface area (Å²) in [5.74, 6) is 1.98. The molecule has 0 N–H and O–H groups in total. The van der Waals surface area contributed by atoms with Gasteiger partial charge >= 0.3 is 0 Å². The van der Waals surface area contributed by atoms with Crippen molar-refractivity contribution < 1.29 is 9.59 Å². The largest absolute Gasteiger partial charge is 0.294 e. The van der Waals surface area contributed by atoms with Crippen molar-refractivity contribution in [2.45, 2.75) is 41.5 Å². The zero-order chi connectivity index (χ0) is 54.0. The molecule has 0 saturated carbocycles. The molecule has 11 aromatic rings. The van der Waals surface area contributed by atoms with Crippen LogP contribution in [0.3, 0.4) is 0 Å². The van der Waals surface area contributed by atoms with Crippen LogP contribution in [0.25, 0.3) is 112 Å². The first-order valence-corrected chi connectivity index (χ1v) is 26.4. The molecule has 0 fully saturated rings. The molecule has 6 nitrogen and oxygen atoms in total. The molecule has 378 valence electrons. The van der Waals surface area contributed by atoms with Crippen LogP contribution in [0.4, 0.5) is 0 Å². The Morgan fingerprint density at radius 2 is 0.564 bits per heavy atom. The predicted octanol–water partition coefficient (Wildman–Crippen LogP) is 18.4. The van der Waals surface area contributed by atoms with Gasteiger partial charge < -0.3 is 0 Å². The molecule has 2 aromatic heterocycles. The summed E-state index contributed by atoms with van der Waals surface area (Å²) in [7, 11) is 0. The average Bonchev–Trinajstić information content (AvgIpc) is 3.57. The van der Waals surface area contributed by atoms with Gasteiger partial charge in [-0.3, -0.25) is 14.6 Å². The van der Waals surface area contributed by atoms with Crippen LogP contribution < -0.4 is 0 Å². The van der Waals surface area contributed by atoms with Gasteiger partial charge in [0.15, 0.2) is 29.0 Å². The summed E-state index contributed by atoms with van der Waals surface area (Å²) in [5, 5.41) is 0. The summed E-state index contributed by atoms with van der Waals surface area (Å²) in [5.41, 5.74) is 17.6. The molecule has 6 heteroatoms. The van der Waals surface area contributed by atoms with E-state index >= 15 is 0 Å². The monoisotopic (exact) mass is 1010 g/mol. The van der Waals surface area contributed by atoms with Crippen molar-refractivity contribution in [2.24, 2.45) is 10.8 Å². The normalized spacial score (nSPS) is 11.6. The van der Waals surface area contributed by atoms with Gasteiger partial charge in [0.2, 0.25) is 0 Å². The van der Waals surface area contributed by atoms with Crippen LogP contribution in [0.1, 0.15) is 62.3 Å². The Bertz CT molecular complexity index is 3780. The summed E-state index contributed by atoms with van der Waals surface area (Å²) >= 11 is 0. The van der Waals surface area contributed by atoms with E-state index in [0.29, 0.717) is 28.6 Å². The molecule has 0 radical (unpaired) electrons. The molecule has 0 amide bonds. The Labute approximate surface area is 457 Å². The molecule has 0 aliphatic carbocycles. The molecule has 0 spiro atoms. The SMILES string of the molecule is CC(C)(C)C(=O)c1ccc(-c2ccccc2-c2cc(-c3ccccc3-c3ccc(C(=O)C(C)(C)C)cc3)cc(-c3ccccc3-c3ccc(-c4ccc(-c5nc(-c6ccccc6)nc(-c6ccccc6)n5)cn4)cc3)c2)cc1. The number of carbonyl (C=O) groups is 2. The number of ketones is 2. The highest BCUT2D eigenvalue weighted by Gasteiger charge is 2.25. The zero-order valence-electron chi connectivity index (χ0n) is 44.7. The third-order valence-electron chi connectivity index (χ3n) is 14.1. The van der Waals surface area contributed by atoms with Gasteiger partial charge in [-0.25, -0.2) is 15.0 Å². The van der Waals surface area contributed by atoms with E-state index in [1.807, 2.05) is 145 Å². The smallest absolute Gasteiger partial charge is 0.168 e. The second-order valence-electron chi connectivity index (χ2n) is 21.8. The fourth-order valence-electron chi connectivity index (χ4n) is 9.98. The van der Waals surface area contributed by atoms with Crippen molar-refractivity contribution in [1.29, 1.82) is 0 Å². The number of Topliss-reactive ketones (excluding diaryl/α,β-unsaturated/α-hetero) is 2. The van der Waals surface area contributed by atoms with E-state index in [1.165, 1.54) is 0 Å². The van der Waals surface area contributed by atoms with Crippen LogP contribution in [-0.2, 0) is 0 Å². The standard InChI is InChI=1S/C72H58N4O2/c1-71(2,3)66(77)51-37-31-48(32-38-51)60-24-14-17-27-63(60)57-43-56(44-58(45-57)64-28-18-15-25-61(64)49-33-39-52(40-34-49)67(78)72(4,5)6)62-26-16-13-23-59(62)47-29-35-50(36-30-47)65-42-41-55(46-73-65)70-75-68(53-19-9-7-10-20-53)74-69(76-70)54-21-11-8-12-22-54/h7-46H,1-6H3. The van der Waals surface area contributed by atoms with E-state index in [4.69, 9.17) is 19.9 Å². The van der Waals surface area contributed by atoms with E-state index in [2.05, 4.69) is 140 Å². The van der Waals surface area contributed by atoms with Crippen molar-refractivity contribution in [3.05, 3.63) is 254 Å². The number of rotatable bonds is 12. The Morgan fingerprint density at radius 1 is 0.282 bits per heavy atom. The van der Waals surface area contributed by atoms with Crippen molar-refractivity contribution >= 4 is 11.6 Å². The Hall–Kier alpha value is -9.52. The highest BCUT2D eigenvalue weighted by atomic mass is 16.1. The molecule has 11 rings (SSSR count). The van der Waals surface area contributed by atoms with Gasteiger partial charge in [0.25, 0.3) is 0 Å². The minimum Gasteiger partial charge on any atom is -0.294 e. The highest BCUT2D eigenvalue weighted by Crippen LogP contribution is 2.43. The van der Waals surface area contributed by atoms with Crippen LogP contribution in [0.5, 0.6) is 0 Å². The lowest BCUT2D eigenvalue weighted by Crippen LogP contribution is -2.19. The van der Waals surface area contributed by atoms with Crippen LogP contribution >= 0.6 is 0 Å². The van der Waals surface area contributed by atoms with Crippen LogP contribution in [0.15, 0.2) is 243 Å². The van der Waals surface area contributed by atoms with Gasteiger partial charge in [0.1, 0.15) is 0 Å². The molecule has 0 atom stereocenters. The number of carbonyl (C=O) groups excluding carboxylic acids is 2. The lowest BCUT2D eigenvalue weighted by Gasteiger charge is -2.19. The summed E-state index contributed by atoms with van der Waals surface area (Å²) in [6.45, 7) is 11.7. The fourth-order valence-corrected chi connectivity index (χ4v) is 9.98. The summed E-state index contributed by atoms with van der Waals surface area (Å²) in [6.07, 6.45) is 1.84. The number of hydrogen-bond donors (Lipinski definition) is 0. The summed E-state index contributed by atoms with van der Waals surface area (Å²) in [6, 6.07) is 81.1. The van der Waals surface area contributed by atoms with Crippen LogP contribution in [-0.4, -0.2) is 31.5 Å². The number of nitrogens with zero attached hydrogens (tertiary/aromatic N) is 4. The maximum Gasteiger partial charge on any atom is 0.168 e. The Balaban J connectivity index is 0.972. The lowest BCUT2D eigenvalue weighted by molar-refractivity contribution is 0.0852. The van der Waals surface area contributed by atoms with Crippen molar-refractivity contribution in [1.82, 2.24) is 19.9 Å². The molecule has 0 aliphatic heterocycles. The molecule has 2 heterocycles. The van der Waals surface area contributed by atoms with Gasteiger partial charge in [-0.15, -0.1) is 0 Å². The predicted molar refractivity (Wildman–Crippen MR) is 320 cm³/mol. The first kappa shape index (κ1) is 50.6. The number of pyridine rings is 1. The van der Waals surface area contributed by atoms with Gasteiger partial charge in [0.05, 0.1) is 5.69 Å².